The molecule has 0 aromatic carbocycles. The van der Waals surface area contributed by atoms with Crippen molar-refractivity contribution in [1.29, 1.82) is 0 Å². The minimum Gasteiger partial charge on any atom is -0.454 e. The molecule has 33 heavy (non-hydrogen) atoms. The largest absolute Gasteiger partial charge is 0.454 e. The van der Waals surface area contributed by atoms with E-state index < -0.39 is 49.4 Å². The number of amides is 2. The maximum Gasteiger partial charge on any atom is 0.412 e. The molecule has 1 aliphatic heterocycles. The van der Waals surface area contributed by atoms with Crippen LogP contribution in [0.2, 0.25) is 0 Å². The number of likely N-dealkylation sites (tertiary alicyclic amines) is 1. The molecule has 1 saturated heterocycles. The van der Waals surface area contributed by atoms with Gasteiger partial charge < -0.3 is 29.7 Å². The number of hydrogen-bond acceptors (Lipinski definition) is 9. The molecule has 1 aromatic rings. The summed E-state index contributed by atoms with van der Waals surface area (Å²) in [5.41, 5.74) is 6.54. The lowest BCUT2D eigenvalue weighted by Gasteiger charge is -2.24. The lowest BCUT2D eigenvalue weighted by atomic mass is 10.1. The second-order valence-electron chi connectivity index (χ2n) is 8.11. The molecule has 0 spiro atoms. The van der Waals surface area contributed by atoms with Gasteiger partial charge in [-0.15, -0.1) is 0 Å². The summed E-state index contributed by atoms with van der Waals surface area (Å²) in [6, 6.07) is 3.88. The summed E-state index contributed by atoms with van der Waals surface area (Å²) in [5, 5.41) is 0. The van der Waals surface area contributed by atoms with Crippen molar-refractivity contribution in [3.05, 3.63) is 30.1 Å². The Kier molecular flexibility index (Phi) is 10.0. The number of nitrogens with zero attached hydrogens (tertiary/aromatic N) is 3. The third-order valence-electron chi connectivity index (χ3n) is 5.30. The van der Waals surface area contributed by atoms with Crippen molar-refractivity contribution in [1.82, 2.24) is 14.8 Å². The van der Waals surface area contributed by atoms with Gasteiger partial charge in [0.1, 0.15) is 12.1 Å². The van der Waals surface area contributed by atoms with Gasteiger partial charge in [0.25, 0.3) is 5.91 Å². The van der Waals surface area contributed by atoms with E-state index in [4.69, 9.17) is 19.9 Å². The van der Waals surface area contributed by atoms with Gasteiger partial charge in [0, 0.05) is 38.4 Å². The van der Waals surface area contributed by atoms with Crippen LogP contribution in [0.15, 0.2) is 24.4 Å². The summed E-state index contributed by atoms with van der Waals surface area (Å²) in [6.45, 7) is 3.19. The molecule has 11 nitrogen and oxygen atoms in total. The summed E-state index contributed by atoms with van der Waals surface area (Å²) in [7, 11) is 1.57. The molecule has 0 radical (unpaired) electrons. The zero-order valence-electron chi connectivity index (χ0n) is 19.3. The third kappa shape index (κ3) is 8.01. The normalized spacial score (nSPS) is 16.3. The van der Waals surface area contributed by atoms with Crippen LogP contribution >= 0.6 is 0 Å². The van der Waals surface area contributed by atoms with Gasteiger partial charge in [-0.25, -0.2) is 9.59 Å². The Balaban J connectivity index is 1.73. The minimum absolute atomic E-state index is 0.126. The van der Waals surface area contributed by atoms with Gasteiger partial charge in [-0.2, -0.15) is 0 Å². The first-order valence-corrected chi connectivity index (χ1v) is 10.9. The third-order valence-corrected chi connectivity index (χ3v) is 5.30. The van der Waals surface area contributed by atoms with Gasteiger partial charge in [0.2, 0.25) is 6.79 Å². The second kappa shape index (κ2) is 12.7. The van der Waals surface area contributed by atoms with E-state index in [1.54, 1.807) is 27.1 Å². The highest BCUT2D eigenvalue weighted by Crippen LogP contribution is 2.19. The first-order valence-electron chi connectivity index (χ1n) is 10.9. The van der Waals surface area contributed by atoms with Crippen molar-refractivity contribution in [2.24, 2.45) is 11.7 Å². The van der Waals surface area contributed by atoms with Gasteiger partial charge in [-0.3, -0.25) is 14.6 Å². The smallest absolute Gasteiger partial charge is 0.412 e. The highest BCUT2D eigenvalue weighted by Gasteiger charge is 2.36. The van der Waals surface area contributed by atoms with Crippen molar-refractivity contribution in [3.8, 4) is 0 Å². The predicted octanol–water partition coefficient (Wildman–Crippen LogP) is 0.711. The standard InChI is InChI=1S/C22H32N4O7/c1-15(2)19(23)21(29)31-13-18(27)26-11-6-8-17(26)20(28)32-14-33-22(30)25(3)12-9-16-7-4-5-10-24-16/h4-5,7,10,15,17,19H,6,8-9,11-14,23H2,1-3H3/t17-,19+/m1/s1. The quantitative estimate of drug-likeness (QED) is 0.391. The molecule has 2 N–H and O–H groups in total. The Morgan fingerprint density at radius 3 is 2.64 bits per heavy atom. The summed E-state index contributed by atoms with van der Waals surface area (Å²) in [4.78, 5) is 55.6. The average molecular weight is 465 g/mol. The molecule has 1 fully saturated rings. The van der Waals surface area contributed by atoms with Gasteiger partial charge in [0.05, 0.1) is 0 Å². The van der Waals surface area contributed by atoms with E-state index in [2.05, 4.69) is 4.98 Å². The SMILES string of the molecule is CC(C)[C@H](N)C(=O)OCC(=O)N1CCC[C@@H]1C(=O)OCOC(=O)N(C)CCc1ccccn1. The number of nitrogens with two attached hydrogens (primary N) is 1. The second-order valence-corrected chi connectivity index (χ2v) is 8.11. The van der Waals surface area contributed by atoms with Crippen LogP contribution in [0.5, 0.6) is 0 Å². The fourth-order valence-corrected chi connectivity index (χ4v) is 3.16. The topological polar surface area (TPSA) is 141 Å². The molecular weight excluding hydrogens is 432 g/mol. The van der Waals surface area contributed by atoms with Gasteiger partial charge in [0.15, 0.2) is 6.61 Å². The lowest BCUT2D eigenvalue weighted by Crippen LogP contribution is -2.45. The van der Waals surface area contributed by atoms with Gasteiger partial charge >= 0.3 is 18.0 Å². The van der Waals surface area contributed by atoms with Gasteiger partial charge in [-0.1, -0.05) is 19.9 Å². The van der Waals surface area contributed by atoms with E-state index in [1.807, 2.05) is 18.2 Å². The maximum absolute atomic E-state index is 12.4. The highest BCUT2D eigenvalue weighted by atomic mass is 16.7. The van der Waals surface area contributed by atoms with Gasteiger partial charge in [-0.05, 0) is 30.9 Å². The number of hydrogen-bond donors (Lipinski definition) is 1. The minimum atomic E-state index is -0.825. The molecular formula is C22H32N4O7. The van der Waals surface area contributed by atoms with Crippen LogP contribution in [-0.2, 0) is 35.0 Å². The molecule has 2 heterocycles. The Morgan fingerprint density at radius 1 is 1.21 bits per heavy atom. The van der Waals surface area contributed by atoms with Crippen LogP contribution in [0.25, 0.3) is 0 Å². The Bertz CT molecular complexity index is 818. The molecule has 1 aromatic heterocycles. The molecule has 0 unspecified atom stereocenters. The predicted molar refractivity (Wildman–Crippen MR) is 117 cm³/mol. The highest BCUT2D eigenvalue weighted by molar-refractivity contribution is 5.87. The zero-order valence-corrected chi connectivity index (χ0v) is 19.3. The Morgan fingerprint density at radius 2 is 1.97 bits per heavy atom. The fourth-order valence-electron chi connectivity index (χ4n) is 3.16. The number of esters is 2. The van der Waals surface area contributed by atoms with E-state index in [-0.39, 0.29) is 5.92 Å². The van der Waals surface area contributed by atoms with Crippen LogP contribution < -0.4 is 5.73 Å². The van der Waals surface area contributed by atoms with Crippen molar-refractivity contribution in [2.45, 2.75) is 45.2 Å². The van der Waals surface area contributed by atoms with E-state index in [0.717, 1.165) is 5.69 Å². The molecule has 2 atom stereocenters. The molecule has 0 saturated carbocycles. The van der Waals surface area contributed by atoms with Crippen LogP contribution in [0.3, 0.4) is 0 Å². The Labute approximate surface area is 193 Å². The molecule has 0 aliphatic carbocycles. The molecule has 1 aliphatic rings. The lowest BCUT2D eigenvalue weighted by molar-refractivity contribution is -0.163. The van der Waals surface area contributed by atoms with Crippen LogP contribution in [0, 0.1) is 5.92 Å². The first kappa shape index (κ1) is 26.0. The summed E-state index contributed by atoms with van der Waals surface area (Å²) in [6.07, 6.45) is 2.59. The summed E-state index contributed by atoms with van der Waals surface area (Å²) >= 11 is 0. The molecule has 0 bridgehead atoms. The van der Waals surface area contributed by atoms with Crippen LogP contribution in [-0.4, -0.2) is 84.3 Å². The van der Waals surface area contributed by atoms with Crippen molar-refractivity contribution >= 4 is 23.9 Å². The number of carbonyl (C=O) groups is 4. The number of ether oxygens (including phenoxy) is 3. The van der Waals surface area contributed by atoms with Crippen LogP contribution in [0.1, 0.15) is 32.4 Å². The van der Waals surface area contributed by atoms with E-state index in [0.29, 0.717) is 32.4 Å². The zero-order chi connectivity index (χ0) is 24.4. The average Bonchev–Trinajstić information content (AvgIpc) is 3.30. The molecule has 2 amide bonds. The molecule has 11 heteroatoms. The van der Waals surface area contributed by atoms with E-state index >= 15 is 0 Å². The first-order chi connectivity index (χ1) is 15.7. The van der Waals surface area contributed by atoms with E-state index in [1.165, 1.54) is 9.80 Å². The molecule has 2 rings (SSSR count). The van der Waals surface area contributed by atoms with E-state index in [9.17, 15) is 19.2 Å². The number of rotatable bonds is 10. The fraction of sp³-hybridized carbons (Fsp3) is 0.591. The number of aromatic nitrogens is 1. The number of carbonyl (C=O) groups excluding carboxylic acids is 4. The van der Waals surface area contributed by atoms with Crippen molar-refractivity contribution < 1.29 is 33.4 Å². The number of likely N-dealkylation sites (N-methyl/N-ethyl adjacent to an activating group) is 1. The maximum atomic E-state index is 12.4. The summed E-state index contributed by atoms with van der Waals surface area (Å²) < 4.78 is 15.0. The van der Waals surface area contributed by atoms with Crippen molar-refractivity contribution in [2.75, 3.05) is 33.5 Å². The number of pyridine rings is 1. The van der Waals surface area contributed by atoms with Crippen LogP contribution in [0.4, 0.5) is 4.79 Å². The van der Waals surface area contributed by atoms with Crippen molar-refractivity contribution in [3.63, 3.8) is 0 Å². The monoisotopic (exact) mass is 464 g/mol. The summed E-state index contributed by atoms with van der Waals surface area (Å²) in [5.74, 6) is -1.99. The molecule has 182 valence electrons. The Hall–Kier alpha value is -3.21.